The summed E-state index contributed by atoms with van der Waals surface area (Å²) in [5, 5.41) is 4.28. The van der Waals surface area contributed by atoms with Crippen molar-refractivity contribution in [3.05, 3.63) is 64.4 Å². The van der Waals surface area contributed by atoms with Crippen molar-refractivity contribution < 1.29 is 14.3 Å². The number of benzene rings is 2. The molecule has 0 amide bonds. The molecule has 1 aliphatic rings. The topological polar surface area (TPSA) is 83.7 Å². The van der Waals surface area contributed by atoms with Crippen LogP contribution in [0.4, 0.5) is 5.69 Å². The van der Waals surface area contributed by atoms with Gasteiger partial charge < -0.3 is 24.7 Å². The fraction of sp³-hybridized carbons (Fsp3) is 0.273. The molecule has 0 aliphatic carbocycles. The molecule has 150 valence electrons. The summed E-state index contributed by atoms with van der Waals surface area (Å²) in [5.74, 6) is 1.15. The molecule has 0 radical (unpaired) electrons. The third kappa shape index (κ3) is 3.82. The van der Waals surface area contributed by atoms with Crippen molar-refractivity contribution in [2.45, 2.75) is 6.04 Å². The second-order valence-corrected chi connectivity index (χ2v) is 6.98. The van der Waals surface area contributed by atoms with E-state index in [0.717, 1.165) is 23.1 Å². The van der Waals surface area contributed by atoms with Gasteiger partial charge in [0, 0.05) is 47.9 Å². The van der Waals surface area contributed by atoms with E-state index in [1.165, 1.54) is 6.07 Å². The van der Waals surface area contributed by atoms with Gasteiger partial charge in [-0.3, -0.25) is 9.59 Å². The fourth-order valence-corrected chi connectivity index (χ4v) is 3.69. The molecule has 1 saturated heterocycles. The average molecular weight is 393 g/mol. The highest BCUT2D eigenvalue weighted by Gasteiger charge is 2.27. The maximum Gasteiger partial charge on any atom is 0.248 e. The lowest BCUT2D eigenvalue weighted by molar-refractivity contribution is 0.0939. The Morgan fingerprint density at radius 3 is 2.66 bits per heavy atom. The Hall–Kier alpha value is -3.32. The molecule has 4 rings (SSSR count). The maximum atomic E-state index is 13.1. The zero-order valence-electron chi connectivity index (χ0n) is 16.4. The summed E-state index contributed by atoms with van der Waals surface area (Å²) < 4.78 is 10.6. The number of hydrogen-bond donors (Lipinski definition) is 2. The molecule has 29 heavy (non-hydrogen) atoms. The first-order valence-electron chi connectivity index (χ1n) is 9.46. The first-order valence-corrected chi connectivity index (χ1v) is 9.46. The number of nitrogens with one attached hydrogen (secondary N) is 2. The van der Waals surface area contributed by atoms with Gasteiger partial charge in [0.25, 0.3) is 0 Å². The number of hydrogen-bond acceptors (Lipinski definition) is 6. The maximum absolute atomic E-state index is 13.1. The molecule has 2 aromatic carbocycles. The molecule has 0 bridgehead atoms. The van der Waals surface area contributed by atoms with E-state index in [1.54, 1.807) is 32.4 Å². The Kier molecular flexibility index (Phi) is 5.22. The van der Waals surface area contributed by atoms with Gasteiger partial charge in [-0.15, -0.1) is 0 Å². The van der Waals surface area contributed by atoms with Gasteiger partial charge in [-0.25, -0.2) is 0 Å². The largest absolute Gasteiger partial charge is 0.493 e. The fourth-order valence-electron chi connectivity index (χ4n) is 3.69. The molecular weight excluding hydrogens is 370 g/mol. The molecule has 7 heteroatoms. The minimum Gasteiger partial charge on any atom is -0.493 e. The van der Waals surface area contributed by atoms with Crippen LogP contribution < -0.4 is 25.2 Å². The number of piperazine rings is 1. The SMILES string of the molecule is COc1ccc(C(=O)C2CN(c3ccc4[nH]c(=O)ccc4c3)CCN2)cc1OC. The monoisotopic (exact) mass is 393 g/mol. The second kappa shape index (κ2) is 7.97. The van der Waals surface area contributed by atoms with E-state index in [9.17, 15) is 9.59 Å². The first kappa shape index (κ1) is 19.0. The van der Waals surface area contributed by atoms with Crippen LogP contribution in [0, 0.1) is 0 Å². The second-order valence-electron chi connectivity index (χ2n) is 6.98. The zero-order chi connectivity index (χ0) is 20.4. The molecule has 2 heterocycles. The zero-order valence-corrected chi connectivity index (χ0v) is 16.4. The number of carbonyl (C=O) groups is 1. The Morgan fingerprint density at radius 2 is 1.86 bits per heavy atom. The molecule has 1 atom stereocenters. The van der Waals surface area contributed by atoms with Gasteiger partial charge >= 0.3 is 0 Å². The molecule has 1 aliphatic heterocycles. The van der Waals surface area contributed by atoms with Crippen molar-refractivity contribution in [1.82, 2.24) is 10.3 Å². The number of carbonyl (C=O) groups excluding carboxylic acids is 1. The van der Waals surface area contributed by atoms with Crippen LogP contribution in [0.1, 0.15) is 10.4 Å². The molecular formula is C22H23N3O4. The minimum atomic E-state index is -0.326. The van der Waals surface area contributed by atoms with Crippen molar-refractivity contribution in [1.29, 1.82) is 0 Å². The highest BCUT2D eigenvalue weighted by Crippen LogP contribution is 2.28. The van der Waals surface area contributed by atoms with E-state index in [2.05, 4.69) is 15.2 Å². The number of H-pyrrole nitrogens is 1. The highest BCUT2D eigenvalue weighted by atomic mass is 16.5. The Morgan fingerprint density at radius 1 is 1.03 bits per heavy atom. The smallest absolute Gasteiger partial charge is 0.248 e. The van der Waals surface area contributed by atoms with Crippen LogP contribution >= 0.6 is 0 Å². The quantitative estimate of drug-likeness (QED) is 0.647. The van der Waals surface area contributed by atoms with E-state index >= 15 is 0 Å². The summed E-state index contributed by atoms with van der Waals surface area (Å²) in [4.78, 5) is 29.6. The summed E-state index contributed by atoms with van der Waals surface area (Å²) >= 11 is 0. The van der Waals surface area contributed by atoms with Gasteiger partial charge in [0.2, 0.25) is 5.56 Å². The van der Waals surface area contributed by atoms with Crippen LogP contribution in [0.15, 0.2) is 53.3 Å². The predicted molar refractivity (Wildman–Crippen MR) is 112 cm³/mol. The minimum absolute atomic E-state index is 0.0146. The van der Waals surface area contributed by atoms with Gasteiger partial charge in [0.15, 0.2) is 17.3 Å². The normalized spacial score (nSPS) is 16.6. The Labute approximate surface area is 168 Å². The van der Waals surface area contributed by atoms with Gasteiger partial charge in [-0.2, -0.15) is 0 Å². The lowest BCUT2D eigenvalue weighted by Crippen LogP contribution is -2.54. The molecule has 3 aromatic rings. The molecule has 1 unspecified atom stereocenters. The molecule has 2 N–H and O–H groups in total. The lowest BCUT2D eigenvalue weighted by atomic mass is 10.0. The van der Waals surface area contributed by atoms with Crippen LogP contribution in [0.25, 0.3) is 10.9 Å². The summed E-state index contributed by atoms with van der Waals surface area (Å²) in [6, 6.07) is 14.1. The average Bonchev–Trinajstić information content (AvgIpc) is 2.77. The van der Waals surface area contributed by atoms with Gasteiger partial charge in [0.05, 0.1) is 20.3 Å². The van der Waals surface area contributed by atoms with Gasteiger partial charge in [-0.1, -0.05) is 0 Å². The summed E-state index contributed by atoms with van der Waals surface area (Å²) in [6.07, 6.45) is 0. The van der Waals surface area contributed by atoms with E-state index in [1.807, 2.05) is 24.3 Å². The van der Waals surface area contributed by atoms with Gasteiger partial charge in [0.1, 0.15) is 0 Å². The Bertz CT molecular complexity index is 1110. The van der Waals surface area contributed by atoms with E-state index in [-0.39, 0.29) is 17.4 Å². The van der Waals surface area contributed by atoms with Crippen molar-refractivity contribution in [2.24, 2.45) is 0 Å². The number of aromatic amines is 1. The molecule has 1 aromatic heterocycles. The van der Waals surface area contributed by atoms with Crippen molar-refractivity contribution in [3.8, 4) is 11.5 Å². The van der Waals surface area contributed by atoms with Crippen LogP contribution in [-0.2, 0) is 0 Å². The molecule has 1 fully saturated rings. The van der Waals surface area contributed by atoms with E-state index in [4.69, 9.17) is 9.47 Å². The number of ketones is 1. The third-order valence-corrected chi connectivity index (χ3v) is 5.23. The first-order chi connectivity index (χ1) is 14.1. The number of rotatable bonds is 5. The number of ether oxygens (including phenoxy) is 2. The summed E-state index contributed by atoms with van der Waals surface area (Å²) in [5.41, 5.74) is 2.29. The van der Waals surface area contributed by atoms with E-state index in [0.29, 0.717) is 30.2 Å². The van der Waals surface area contributed by atoms with Crippen LogP contribution in [0.2, 0.25) is 0 Å². The molecule has 0 spiro atoms. The number of Topliss-reactive ketones (excluding diaryl/α,β-unsaturated/α-hetero) is 1. The molecule has 0 saturated carbocycles. The van der Waals surface area contributed by atoms with Gasteiger partial charge in [-0.05, 0) is 42.5 Å². The van der Waals surface area contributed by atoms with Crippen molar-refractivity contribution in [2.75, 3.05) is 38.8 Å². The number of methoxy groups -OCH3 is 2. The van der Waals surface area contributed by atoms with Crippen LogP contribution in [0.3, 0.4) is 0 Å². The van der Waals surface area contributed by atoms with Crippen molar-refractivity contribution >= 4 is 22.4 Å². The number of aromatic nitrogens is 1. The van der Waals surface area contributed by atoms with Crippen LogP contribution in [0.5, 0.6) is 11.5 Å². The van der Waals surface area contributed by atoms with Crippen LogP contribution in [-0.4, -0.2) is 50.7 Å². The summed E-state index contributed by atoms with van der Waals surface area (Å²) in [6.45, 7) is 2.06. The standard InChI is InChI=1S/C22H23N3O4/c1-28-19-7-3-15(12-20(19)29-2)22(27)18-13-25(10-9-23-18)16-5-6-17-14(11-16)4-8-21(26)24-17/h3-8,11-12,18,23H,9-10,13H2,1-2H3,(H,24,26). The molecule has 7 nitrogen and oxygen atoms in total. The number of fused-ring (bicyclic) bond motifs is 1. The summed E-state index contributed by atoms with van der Waals surface area (Å²) in [7, 11) is 3.12. The lowest BCUT2D eigenvalue weighted by Gasteiger charge is -2.34. The van der Waals surface area contributed by atoms with Crippen molar-refractivity contribution in [3.63, 3.8) is 0 Å². The Balaban J connectivity index is 1.56. The third-order valence-electron chi connectivity index (χ3n) is 5.23. The predicted octanol–water partition coefficient (Wildman–Crippen LogP) is 2.21. The number of pyridine rings is 1. The number of nitrogens with zero attached hydrogens (tertiary/aromatic N) is 1. The number of anilines is 1. The highest BCUT2D eigenvalue weighted by molar-refractivity contribution is 6.01. The van der Waals surface area contributed by atoms with E-state index < -0.39 is 0 Å².